The minimum atomic E-state index is -4.64. The van der Waals surface area contributed by atoms with Crippen LogP contribution in [0.25, 0.3) is 0 Å². The molecule has 1 aromatic carbocycles. The predicted octanol–water partition coefficient (Wildman–Crippen LogP) is 1.47. The van der Waals surface area contributed by atoms with Gasteiger partial charge in [-0.25, -0.2) is 0 Å². The Kier molecular flexibility index (Phi) is 4.10. The van der Waals surface area contributed by atoms with Crippen molar-refractivity contribution in [2.24, 2.45) is 5.16 Å². The van der Waals surface area contributed by atoms with E-state index in [1.165, 1.54) is 16.9 Å². The van der Waals surface area contributed by atoms with Gasteiger partial charge in [0.25, 0.3) is 0 Å². The maximum absolute atomic E-state index is 12.2. The first-order valence-electron chi connectivity index (χ1n) is 5.89. The summed E-state index contributed by atoms with van der Waals surface area (Å²) >= 11 is 0. The predicted molar refractivity (Wildman–Crippen MR) is 69.7 cm³/mol. The van der Waals surface area contributed by atoms with E-state index in [0.717, 1.165) is 4.31 Å². The first-order chi connectivity index (χ1) is 9.74. The summed E-state index contributed by atoms with van der Waals surface area (Å²) < 4.78 is 62.9. The molecule has 0 atom stereocenters. The van der Waals surface area contributed by atoms with Gasteiger partial charge in [0.1, 0.15) is 6.54 Å². The Hall–Kier alpha value is -1.81. The van der Waals surface area contributed by atoms with Gasteiger partial charge in [-0.3, -0.25) is 4.31 Å². The van der Waals surface area contributed by atoms with Crippen molar-refractivity contribution in [2.75, 3.05) is 17.4 Å². The summed E-state index contributed by atoms with van der Waals surface area (Å²) in [7, 11) is -4.33. The molecule has 1 aromatic rings. The second kappa shape index (κ2) is 5.53. The van der Waals surface area contributed by atoms with Crippen LogP contribution in [-0.4, -0.2) is 38.6 Å². The largest absolute Gasteiger partial charge is 0.411 e. The van der Waals surface area contributed by atoms with Crippen LogP contribution in [0.2, 0.25) is 0 Å². The Morgan fingerprint density at radius 3 is 2.62 bits per heavy atom. The Balaban J connectivity index is 2.33. The average molecular weight is 323 g/mol. The van der Waals surface area contributed by atoms with Crippen LogP contribution in [0.5, 0.6) is 0 Å². The molecule has 0 saturated carbocycles. The molecule has 1 aliphatic heterocycles. The lowest BCUT2D eigenvalue weighted by Gasteiger charge is -2.30. The van der Waals surface area contributed by atoms with Crippen molar-refractivity contribution in [3.63, 3.8) is 0 Å². The molecule has 1 heterocycles. The van der Waals surface area contributed by atoms with Crippen LogP contribution in [0.15, 0.2) is 29.4 Å². The number of hydrogen-bond acceptors (Lipinski definition) is 4. The van der Waals surface area contributed by atoms with Crippen molar-refractivity contribution in [1.29, 1.82) is 0 Å². The molecule has 0 amide bonds. The maximum atomic E-state index is 12.2. The number of hydrogen-bond donors (Lipinski definition) is 2. The Bertz CT molecular complexity index is 658. The number of rotatable bonds is 3. The highest BCUT2D eigenvalue weighted by Gasteiger charge is 2.34. The molecule has 116 valence electrons. The van der Waals surface area contributed by atoms with Gasteiger partial charge in [0, 0.05) is 18.5 Å². The van der Waals surface area contributed by atoms with Gasteiger partial charge in [-0.2, -0.15) is 26.3 Å². The highest BCUT2D eigenvalue weighted by atomic mass is 32.2. The first kappa shape index (κ1) is 15.6. The molecule has 10 heteroatoms. The molecule has 0 radical (unpaired) electrons. The first-order valence-corrected chi connectivity index (χ1v) is 7.33. The van der Waals surface area contributed by atoms with Gasteiger partial charge >= 0.3 is 16.4 Å². The van der Waals surface area contributed by atoms with E-state index in [-0.39, 0.29) is 24.4 Å². The number of fused-ring (bicyclic) bond motifs is 1. The Labute approximate surface area is 119 Å². The summed E-state index contributed by atoms with van der Waals surface area (Å²) in [5.74, 6) is 0. The van der Waals surface area contributed by atoms with Crippen LogP contribution >= 0.6 is 0 Å². The molecule has 0 unspecified atom stereocenters. The van der Waals surface area contributed by atoms with Crippen LogP contribution in [0.3, 0.4) is 0 Å². The van der Waals surface area contributed by atoms with E-state index in [2.05, 4.69) is 5.16 Å². The molecule has 0 saturated heterocycles. The van der Waals surface area contributed by atoms with Crippen LogP contribution in [-0.2, 0) is 10.2 Å². The van der Waals surface area contributed by atoms with E-state index < -0.39 is 22.9 Å². The summed E-state index contributed by atoms with van der Waals surface area (Å²) in [4.78, 5) is 0. The van der Waals surface area contributed by atoms with Gasteiger partial charge in [-0.1, -0.05) is 23.4 Å². The van der Waals surface area contributed by atoms with Gasteiger partial charge in [0.15, 0.2) is 0 Å². The zero-order valence-corrected chi connectivity index (χ0v) is 11.4. The molecular formula is C11H12F3N3O3S. The van der Waals surface area contributed by atoms with E-state index in [1.807, 2.05) is 0 Å². The summed E-state index contributed by atoms with van der Waals surface area (Å²) in [5, 5.41) is 12.0. The Morgan fingerprint density at radius 2 is 2.00 bits per heavy atom. The fourth-order valence-electron chi connectivity index (χ4n) is 2.00. The van der Waals surface area contributed by atoms with Crippen molar-refractivity contribution in [2.45, 2.75) is 12.6 Å². The minimum Gasteiger partial charge on any atom is -0.411 e. The minimum absolute atomic E-state index is 0.0977. The van der Waals surface area contributed by atoms with Gasteiger partial charge in [-0.05, 0) is 6.07 Å². The lowest BCUT2D eigenvalue weighted by atomic mass is 10.0. The normalized spacial score (nSPS) is 17.9. The summed E-state index contributed by atoms with van der Waals surface area (Å²) in [6, 6.07) is 6.14. The van der Waals surface area contributed by atoms with Gasteiger partial charge in [0.05, 0.1) is 11.4 Å². The highest BCUT2D eigenvalue weighted by Crippen LogP contribution is 2.29. The number of nitrogens with zero attached hydrogens (tertiary/aromatic N) is 2. The van der Waals surface area contributed by atoms with Gasteiger partial charge < -0.3 is 5.21 Å². The number of benzene rings is 1. The zero-order chi connectivity index (χ0) is 15.7. The van der Waals surface area contributed by atoms with Crippen LogP contribution in [0.4, 0.5) is 18.9 Å². The third-order valence-corrected chi connectivity index (χ3v) is 4.37. The molecule has 2 N–H and O–H groups in total. The number of oxime groups is 1. The molecular weight excluding hydrogens is 311 g/mol. The summed E-state index contributed by atoms with van der Waals surface area (Å²) in [6.45, 7) is -1.75. The van der Waals surface area contributed by atoms with Crippen molar-refractivity contribution in [3.05, 3.63) is 29.8 Å². The van der Waals surface area contributed by atoms with Crippen LogP contribution in [0, 0.1) is 0 Å². The highest BCUT2D eigenvalue weighted by molar-refractivity contribution is 7.90. The number of alkyl halides is 3. The molecule has 0 fully saturated rings. The molecule has 0 spiro atoms. The molecule has 0 aromatic heterocycles. The lowest BCUT2D eigenvalue weighted by molar-refractivity contribution is -0.121. The van der Waals surface area contributed by atoms with Gasteiger partial charge in [0.2, 0.25) is 0 Å². The van der Waals surface area contributed by atoms with E-state index in [4.69, 9.17) is 5.21 Å². The zero-order valence-electron chi connectivity index (χ0n) is 10.6. The van der Waals surface area contributed by atoms with E-state index in [1.54, 1.807) is 12.1 Å². The monoisotopic (exact) mass is 323 g/mol. The van der Waals surface area contributed by atoms with Gasteiger partial charge in [-0.15, -0.1) is 0 Å². The number of para-hydroxylation sites is 1. The van der Waals surface area contributed by atoms with Crippen molar-refractivity contribution >= 4 is 21.6 Å². The lowest BCUT2D eigenvalue weighted by Crippen LogP contribution is -2.47. The molecule has 0 bridgehead atoms. The van der Waals surface area contributed by atoms with Crippen molar-refractivity contribution < 1.29 is 26.8 Å². The number of halogens is 3. The fraction of sp³-hybridized carbons (Fsp3) is 0.364. The van der Waals surface area contributed by atoms with E-state index in [0.29, 0.717) is 5.56 Å². The third-order valence-electron chi connectivity index (χ3n) is 2.90. The standard InChI is InChI=1S/C11H12F3N3O3S/c12-11(13,14)7-15-21(19,20)17-6-5-9(16-18)8-3-1-2-4-10(8)17/h1-4,15,18H,5-7H2/b16-9-. The van der Waals surface area contributed by atoms with Crippen molar-refractivity contribution in [3.8, 4) is 0 Å². The maximum Gasteiger partial charge on any atom is 0.402 e. The fourth-order valence-corrected chi connectivity index (χ4v) is 3.25. The van der Waals surface area contributed by atoms with E-state index in [9.17, 15) is 21.6 Å². The second-order valence-corrected chi connectivity index (χ2v) is 6.01. The second-order valence-electron chi connectivity index (χ2n) is 4.33. The molecule has 0 aliphatic carbocycles. The van der Waals surface area contributed by atoms with Crippen LogP contribution in [0.1, 0.15) is 12.0 Å². The molecule has 21 heavy (non-hydrogen) atoms. The smallest absolute Gasteiger partial charge is 0.402 e. The Morgan fingerprint density at radius 1 is 1.33 bits per heavy atom. The average Bonchev–Trinajstić information content (AvgIpc) is 2.43. The topological polar surface area (TPSA) is 82.0 Å². The number of anilines is 1. The molecule has 6 nitrogen and oxygen atoms in total. The molecule has 1 aliphatic rings. The number of nitrogens with one attached hydrogen (secondary N) is 1. The van der Waals surface area contributed by atoms with Crippen LogP contribution < -0.4 is 9.03 Å². The third kappa shape index (κ3) is 3.45. The summed E-state index contributed by atoms with van der Waals surface area (Å²) in [5.41, 5.74) is 0.822. The SMILES string of the molecule is O=S(=O)(NCC(F)(F)F)N1CC/C(=N/O)c2ccccc21. The molecule has 2 rings (SSSR count). The van der Waals surface area contributed by atoms with Crippen molar-refractivity contribution in [1.82, 2.24) is 4.72 Å². The summed E-state index contributed by atoms with van der Waals surface area (Å²) in [6.07, 6.45) is -4.54. The quantitative estimate of drug-likeness (QED) is 0.653. The van der Waals surface area contributed by atoms with E-state index >= 15 is 0 Å².